The Morgan fingerprint density at radius 3 is 3.12 bits per heavy atom. The average molecular weight is 216 g/mol. The summed E-state index contributed by atoms with van der Waals surface area (Å²) in [6, 6.07) is 3.99. The second kappa shape index (κ2) is 3.70. The molecule has 0 atom stereocenters. The molecule has 1 aromatic carbocycles. The highest BCUT2D eigenvalue weighted by Crippen LogP contribution is 2.32. The molecule has 16 heavy (non-hydrogen) atoms. The molecule has 0 saturated heterocycles. The lowest BCUT2D eigenvalue weighted by Crippen LogP contribution is -2.04. The minimum absolute atomic E-state index is 0.796. The van der Waals surface area contributed by atoms with E-state index in [0.29, 0.717) is 0 Å². The number of anilines is 2. The van der Waals surface area contributed by atoms with E-state index in [1.165, 1.54) is 19.3 Å². The molecule has 0 radical (unpaired) electrons. The van der Waals surface area contributed by atoms with Crippen molar-refractivity contribution < 1.29 is 0 Å². The third kappa shape index (κ3) is 1.83. The van der Waals surface area contributed by atoms with Gasteiger partial charge < -0.3 is 11.1 Å². The first-order valence-corrected chi connectivity index (χ1v) is 5.79. The summed E-state index contributed by atoms with van der Waals surface area (Å²) in [4.78, 5) is 0. The van der Waals surface area contributed by atoms with Crippen LogP contribution in [0.5, 0.6) is 0 Å². The Kier molecular flexibility index (Phi) is 2.20. The number of hydrogen-bond acceptors (Lipinski definition) is 3. The molecule has 0 spiro atoms. The lowest BCUT2D eigenvalue weighted by molar-refractivity contribution is 0.760. The quantitative estimate of drug-likeness (QED) is 0.687. The first-order chi connectivity index (χ1) is 7.83. The molecule has 0 aliphatic heterocycles. The molecule has 84 valence electrons. The molecule has 3 rings (SSSR count). The van der Waals surface area contributed by atoms with Crippen molar-refractivity contribution >= 4 is 22.3 Å². The van der Waals surface area contributed by atoms with Gasteiger partial charge in [0.25, 0.3) is 0 Å². The van der Waals surface area contributed by atoms with E-state index in [9.17, 15) is 0 Å². The summed E-state index contributed by atoms with van der Waals surface area (Å²) in [5.41, 5.74) is 8.81. The number of aromatic nitrogens is 2. The van der Waals surface area contributed by atoms with E-state index < -0.39 is 0 Å². The van der Waals surface area contributed by atoms with E-state index in [4.69, 9.17) is 5.73 Å². The zero-order valence-electron chi connectivity index (χ0n) is 9.16. The molecule has 0 amide bonds. The molecular weight excluding hydrogens is 200 g/mol. The summed E-state index contributed by atoms with van der Waals surface area (Å²) in [5, 5.41) is 11.4. The SMILES string of the molecule is Nc1cc2cn[nH]c2cc1NCCC1CC1. The fourth-order valence-corrected chi connectivity index (χ4v) is 1.98. The zero-order chi connectivity index (χ0) is 11.0. The molecule has 1 aromatic heterocycles. The van der Waals surface area contributed by atoms with Crippen LogP contribution in [-0.2, 0) is 0 Å². The lowest BCUT2D eigenvalue weighted by atomic mass is 10.2. The normalized spacial score (nSPS) is 15.5. The number of aromatic amines is 1. The molecule has 1 heterocycles. The van der Waals surface area contributed by atoms with Crippen LogP contribution >= 0.6 is 0 Å². The molecule has 0 unspecified atom stereocenters. The molecule has 1 aliphatic rings. The van der Waals surface area contributed by atoms with Gasteiger partial charge in [0.1, 0.15) is 0 Å². The fourth-order valence-electron chi connectivity index (χ4n) is 1.98. The number of rotatable bonds is 4. The number of hydrogen-bond donors (Lipinski definition) is 3. The van der Waals surface area contributed by atoms with Gasteiger partial charge in [-0.25, -0.2) is 0 Å². The van der Waals surface area contributed by atoms with Crippen molar-refractivity contribution in [1.82, 2.24) is 10.2 Å². The van der Waals surface area contributed by atoms with E-state index in [1.54, 1.807) is 6.20 Å². The fraction of sp³-hybridized carbons (Fsp3) is 0.417. The molecule has 4 nitrogen and oxygen atoms in total. The Hall–Kier alpha value is -1.71. The number of nitrogens with two attached hydrogens (primary N) is 1. The van der Waals surface area contributed by atoms with Crippen LogP contribution in [0.2, 0.25) is 0 Å². The van der Waals surface area contributed by atoms with Crippen LogP contribution in [0.3, 0.4) is 0 Å². The lowest BCUT2D eigenvalue weighted by Gasteiger charge is -2.08. The zero-order valence-corrected chi connectivity index (χ0v) is 9.16. The summed E-state index contributed by atoms with van der Waals surface area (Å²) in [7, 11) is 0. The van der Waals surface area contributed by atoms with E-state index in [2.05, 4.69) is 15.5 Å². The minimum Gasteiger partial charge on any atom is -0.397 e. The number of benzene rings is 1. The van der Waals surface area contributed by atoms with Crippen LogP contribution in [0, 0.1) is 5.92 Å². The van der Waals surface area contributed by atoms with Gasteiger partial charge in [-0.1, -0.05) is 12.8 Å². The van der Waals surface area contributed by atoms with Gasteiger partial charge >= 0.3 is 0 Å². The number of nitrogens with zero attached hydrogens (tertiary/aromatic N) is 1. The molecule has 4 N–H and O–H groups in total. The van der Waals surface area contributed by atoms with Gasteiger partial charge in [0.15, 0.2) is 0 Å². The van der Waals surface area contributed by atoms with Crippen LogP contribution in [0.1, 0.15) is 19.3 Å². The van der Waals surface area contributed by atoms with Crippen molar-refractivity contribution in [1.29, 1.82) is 0 Å². The number of H-pyrrole nitrogens is 1. The van der Waals surface area contributed by atoms with Crippen LogP contribution in [-0.4, -0.2) is 16.7 Å². The highest BCUT2D eigenvalue weighted by atomic mass is 15.1. The maximum absolute atomic E-state index is 5.97. The maximum Gasteiger partial charge on any atom is 0.0672 e. The van der Waals surface area contributed by atoms with Crippen molar-refractivity contribution in [3.63, 3.8) is 0 Å². The second-order valence-corrected chi connectivity index (χ2v) is 4.56. The predicted molar refractivity (Wildman–Crippen MR) is 66.3 cm³/mol. The molecule has 1 aliphatic carbocycles. The van der Waals surface area contributed by atoms with Crippen molar-refractivity contribution in [2.45, 2.75) is 19.3 Å². The van der Waals surface area contributed by atoms with E-state index >= 15 is 0 Å². The molecule has 1 fully saturated rings. The second-order valence-electron chi connectivity index (χ2n) is 4.56. The predicted octanol–water partition coefficient (Wildman–Crippen LogP) is 2.36. The van der Waals surface area contributed by atoms with Gasteiger partial charge in [-0.15, -0.1) is 0 Å². The summed E-state index contributed by atoms with van der Waals surface area (Å²) in [6.07, 6.45) is 5.84. The average Bonchev–Trinajstić information content (AvgIpc) is 2.98. The van der Waals surface area contributed by atoms with E-state index in [-0.39, 0.29) is 0 Å². The van der Waals surface area contributed by atoms with Crippen LogP contribution in [0.4, 0.5) is 11.4 Å². The Balaban J connectivity index is 1.75. The third-order valence-corrected chi connectivity index (χ3v) is 3.18. The summed E-state index contributed by atoms with van der Waals surface area (Å²) >= 11 is 0. The van der Waals surface area contributed by atoms with Crippen molar-refractivity contribution in [2.75, 3.05) is 17.6 Å². The third-order valence-electron chi connectivity index (χ3n) is 3.18. The molecular formula is C12H16N4. The molecule has 2 aromatic rings. The smallest absolute Gasteiger partial charge is 0.0672 e. The Morgan fingerprint density at radius 2 is 2.31 bits per heavy atom. The Labute approximate surface area is 94.2 Å². The van der Waals surface area contributed by atoms with Gasteiger partial charge in [0, 0.05) is 11.9 Å². The first kappa shape index (κ1) is 9.51. The highest BCUT2D eigenvalue weighted by molar-refractivity contribution is 5.88. The van der Waals surface area contributed by atoms with E-state index in [0.717, 1.165) is 34.7 Å². The number of nitrogen functional groups attached to an aromatic ring is 1. The van der Waals surface area contributed by atoms with Crippen LogP contribution in [0.15, 0.2) is 18.3 Å². The Morgan fingerprint density at radius 1 is 1.44 bits per heavy atom. The van der Waals surface area contributed by atoms with Gasteiger partial charge in [0.2, 0.25) is 0 Å². The largest absolute Gasteiger partial charge is 0.397 e. The summed E-state index contributed by atoms with van der Waals surface area (Å²) in [6.45, 7) is 1.01. The van der Waals surface area contributed by atoms with Gasteiger partial charge in [-0.3, -0.25) is 5.10 Å². The standard InChI is InChI=1S/C12H16N4/c13-10-5-9-7-15-16-11(9)6-12(10)14-4-3-8-1-2-8/h5-8,14H,1-4,13H2,(H,15,16). The summed E-state index contributed by atoms with van der Waals surface area (Å²) in [5.74, 6) is 0.949. The highest BCUT2D eigenvalue weighted by Gasteiger charge is 2.20. The molecule has 1 saturated carbocycles. The van der Waals surface area contributed by atoms with Crippen LogP contribution in [0.25, 0.3) is 10.9 Å². The van der Waals surface area contributed by atoms with Gasteiger partial charge in [-0.2, -0.15) is 5.10 Å². The van der Waals surface area contributed by atoms with Crippen molar-refractivity contribution in [3.05, 3.63) is 18.3 Å². The maximum atomic E-state index is 5.97. The number of nitrogens with one attached hydrogen (secondary N) is 2. The Bertz CT molecular complexity index is 499. The number of fused-ring (bicyclic) bond motifs is 1. The van der Waals surface area contributed by atoms with Crippen molar-refractivity contribution in [2.24, 2.45) is 5.92 Å². The van der Waals surface area contributed by atoms with E-state index in [1.807, 2.05) is 12.1 Å². The topological polar surface area (TPSA) is 66.7 Å². The van der Waals surface area contributed by atoms with Gasteiger partial charge in [-0.05, 0) is 24.5 Å². The minimum atomic E-state index is 0.796. The monoisotopic (exact) mass is 216 g/mol. The van der Waals surface area contributed by atoms with Crippen LogP contribution < -0.4 is 11.1 Å². The molecule has 4 heteroatoms. The van der Waals surface area contributed by atoms with Gasteiger partial charge in [0.05, 0.1) is 23.1 Å². The summed E-state index contributed by atoms with van der Waals surface area (Å²) < 4.78 is 0. The first-order valence-electron chi connectivity index (χ1n) is 5.79. The molecule has 0 bridgehead atoms. The van der Waals surface area contributed by atoms with Crippen molar-refractivity contribution in [3.8, 4) is 0 Å².